The minimum absolute atomic E-state index is 0.0171. The van der Waals surface area contributed by atoms with Crippen LogP contribution in [-0.2, 0) is 0 Å². The molecule has 2 N–H and O–H groups in total. The van der Waals surface area contributed by atoms with Crippen molar-refractivity contribution < 1.29 is 9.90 Å². The molecule has 2 atom stereocenters. The third-order valence-electron chi connectivity index (χ3n) is 4.36. The number of aliphatic hydroxyl groups excluding tert-OH is 1. The molecule has 2 rings (SSSR count). The Morgan fingerprint density at radius 3 is 2.67 bits per heavy atom. The highest BCUT2D eigenvalue weighted by Crippen LogP contribution is 2.21. The van der Waals surface area contributed by atoms with Gasteiger partial charge in [-0.25, -0.2) is 4.79 Å². The molecule has 2 unspecified atom stereocenters. The molecule has 0 aromatic heterocycles. The Bertz CT molecular complexity index is 456. The van der Waals surface area contributed by atoms with E-state index < -0.39 is 6.10 Å². The maximum atomic E-state index is 12.3. The second-order valence-corrected chi connectivity index (χ2v) is 5.92. The highest BCUT2D eigenvalue weighted by Gasteiger charge is 2.19. The van der Waals surface area contributed by atoms with Crippen LogP contribution in [0.5, 0.6) is 0 Å². The molecule has 1 heterocycles. The van der Waals surface area contributed by atoms with Crippen molar-refractivity contribution in [1.82, 2.24) is 4.90 Å². The topological polar surface area (TPSA) is 52.6 Å². The number of likely N-dealkylation sites (tertiary alicyclic amines) is 1. The van der Waals surface area contributed by atoms with Gasteiger partial charge in [-0.3, -0.25) is 0 Å². The van der Waals surface area contributed by atoms with E-state index in [-0.39, 0.29) is 6.03 Å². The number of aliphatic hydroxyl groups is 1. The zero-order valence-electron chi connectivity index (χ0n) is 13.0. The molecule has 0 radical (unpaired) electrons. The highest BCUT2D eigenvalue weighted by atomic mass is 16.3. The van der Waals surface area contributed by atoms with Gasteiger partial charge in [0, 0.05) is 18.8 Å². The van der Waals surface area contributed by atoms with Crippen molar-refractivity contribution in [3.8, 4) is 0 Å². The molecule has 0 spiro atoms. The van der Waals surface area contributed by atoms with E-state index in [9.17, 15) is 9.90 Å². The predicted octanol–water partition coefficient (Wildman–Crippen LogP) is 3.78. The third kappa shape index (κ3) is 4.46. The summed E-state index contributed by atoms with van der Waals surface area (Å²) in [7, 11) is 0. The second kappa shape index (κ2) is 7.46. The normalized spacial score (nSPS) is 20.7. The molecule has 1 aliphatic rings. The van der Waals surface area contributed by atoms with Crippen LogP contribution in [0.4, 0.5) is 10.5 Å². The summed E-state index contributed by atoms with van der Waals surface area (Å²) in [4.78, 5) is 14.2. The molecule has 1 saturated heterocycles. The van der Waals surface area contributed by atoms with E-state index in [0.717, 1.165) is 43.1 Å². The number of anilines is 1. The number of urea groups is 1. The van der Waals surface area contributed by atoms with Gasteiger partial charge in [0.2, 0.25) is 0 Å². The van der Waals surface area contributed by atoms with Crippen molar-refractivity contribution in [1.29, 1.82) is 0 Å². The fraction of sp³-hybridized carbons (Fsp3) is 0.588. The Morgan fingerprint density at radius 2 is 2.05 bits per heavy atom. The van der Waals surface area contributed by atoms with Gasteiger partial charge >= 0.3 is 6.03 Å². The van der Waals surface area contributed by atoms with Crippen molar-refractivity contribution in [2.75, 3.05) is 18.4 Å². The lowest BCUT2D eigenvalue weighted by Gasteiger charge is -2.21. The standard InChI is InChI=1S/C17H26N2O2/c1-3-14-5-4-11-19(12-10-14)17(21)18-16-8-6-15(7-9-16)13(2)20/h6-9,13-14,20H,3-5,10-12H2,1-2H3,(H,18,21). The van der Waals surface area contributed by atoms with Gasteiger partial charge in [0.1, 0.15) is 0 Å². The van der Waals surface area contributed by atoms with Crippen molar-refractivity contribution in [2.45, 2.75) is 45.6 Å². The smallest absolute Gasteiger partial charge is 0.321 e. The maximum absolute atomic E-state index is 12.3. The summed E-state index contributed by atoms with van der Waals surface area (Å²) in [6.45, 7) is 5.64. The lowest BCUT2D eigenvalue weighted by atomic mass is 9.98. The lowest BCUT2D eigenvalue weighted by molar-refractivity contribution is 0.199. The zero-order chi connectivity index (χ0) is 15.2. The number of nitrogens with zero attached hydrogens (tertiary/aromatic N) is 1. The molecule has 116 valence electrons. The first-order valence-electron chi connectivity index (χ1n) is 7.94. The molecule has 0 aliphatic carbocycles. The van der Waals surface area contributed by atoms with Gasteiger partial charge < -0.3 is 15.3 Å². The van der Waals surface area contributed by atoms with Crippen molar-refractivity contribution in [3.63, 3.8) is 0 Å². The fourth-order valence-corrected chi connectivity index (χ4v) is 2.82. The molecule has 1 aliphatic heterocycles. The van der Waals surface area contributed by atoms with E-state index in [1.165, 1.54) is 12.8 Å². The minimum Gasteiger partial charge on any atom is -0.389 e. The van der Waals surface area contributed by atoms with Crippen LogP contribution in [0, 0.1) is 5.92 Å². The Kier molecular flexibility index (Phi) is 5.62. The number of nitrogens with one attached hydrogen (secondary N) is 1. The highest BCUT2D eigenvalue weighted by molar-refractivity contribution is 5.89. The first-order chi connectivity index (χ1) is 10.1. The summed E-state index contributed by atoms with van der Waals surface area (Å²) in [6, 6.07) is 7.35. The largest absolute Gasteiger partial charge is 0.389 e. The zero-order valence-corrected chi connectivity index (χ0v) is 13.0. The van der Waals surface area contributed by atoms with Gasteiger partial charge in [0.05, 0.1) is 6.10 Å². The number of hydrogen-bond acceptors (Lipinski definition) is 2. The molecular weight excluding hydrogens is 264 g/mol. The average molecular weight is 290 g/mol. The molecule has 1 aromatic rings. The Hall–Kier alpha value is -1.55. The number of rotatable bonds is 3. The fourth-order valence-electron chi connectivity index (χ4n) is 2.82. The van der Waals surface area contributed by atoms with Gasteiger partial charge in [-0.05, 0) is 49.8 Å². The van der Waals surface area contributed by atoms with Crippen LogP contribution in [0.3, 0.4) is 0 Å². The summed E-state index contributed by atoms with van der Waals surface area (Å²) < 4.78 is 0. The predicted molar refractivity (Wildman–Crippen MR) is 85.3 cm³/mol. The van der Waals surface area contributed by atoms with E-state index in [2.05, 4.69) is 12.2 Å². The molecule has 1 aromatic carbocycles. The molecular formula is C17H26N2O2. The summed E-state index contributed by atoms with van der Waals surface area (Å²) in [5.74, 6) is 0.758. The summed E-state index contributed by atoms with van der Waals surface area (Å²) in [6.07, 6.45) is 4.14. The Labute approximate surface area is 127 Å². The van der Waals surface area contributed by atoms with E-state index >= 15 is 0 Å². The van der Waals surface area contributed by atoms with E-state index in [1.807, 2.05) is 29.2 Å². The number of benzene rings is 1. The molecule has 1 fully saturated rings. The summed E-state index contributed by atoms with van der Waals surface area (Å²) in [5, 5.41) is 12.4. The van der Waals surface area contributed by atoms with E-state index in [1.54, 1.807) is 6.92 Å². The third-order valence-corrected chi connectivity index (χ3v) is 4.36. The van der Waals surface area contributed by atoms with Gasteiger partial charge in [-0.1, -0.05) is 25.5 Å². The van der Waals surface area contributed by atoms with Crippen LogP contribution in [0.25, 0.3) is 0 Å². The van der Waals surface area contributed by atoms with E-state index in [0.29, 0.717) is 0 Å². The molecule has 4 nitrogen and oxygen atoms in total. The van der Waals surface area contributed by atoms with Crippen LogP contribution in [-0.4, -0.2) is 29.1 Å². The molecule has 2 amide bonds. The van der Waals surface area contributed by atoms with Crippen LogP contribution in [0.2, 0.25) is 0 Å². The molecule has 0 bridgehead atoms. The minimum atomic E-state index is -0.480. The van der Waals surface area contributed by atoms with Crippen molar-refractivity contribution in [2.24, 2.45) is 5.92 Å². The van der Waals surface area contributed by atoms with Gasteiger partial charge in [-0.15, -0.1) is 0 Å². The maximum Gasteiger partial charge on any atom is 0.321 e. The van der Waals surface area contributed by atoms with Gasteiger partial charge in [0.15, 0.2) is 0 Å². The van der Waals surface area contributed by atoms with Crippen LogP contribution < -0.4 is 5.32 Å². The molecule has 21 heavy (non-hydrogen) atoms. The quantitative estimate of drug-likeness (QED) is 0.890. The Morgan fingerprint density at radius 1 is 1.33 bits per heavy atom. The summed E-state index contributed by atoms with van der Waals surface area (Å²) in [5.41, 5.74) is 1.63. The monoisotopic (exact) mass is 290 g/mol. The van der Waals surface area contributed by atoms with Gasteiger partial charge in [-0.2, -0.15) is 0 Å². The Balaban J connectivity index is 1.91. The number of hydrogen-bond donors (Lipinski definition) is 2. The average Bonchev–Trinajstić information content (AvgIpc) is 2.73. The lowest BCUT2D eigenvalue weighted by Crippen LogP contribution is -2.35. The first-order valence-corrected chi connectivity index (χ1v) is 7.94. The first kappa shape index (κ1) is 15.8. The van der Waals surface area contributed by atoms with Crippen molar-refractivity contribution in [3.05, 3.63) is 29.8 Å². The van der Waals surface area contributed by atoms with Gasteiger partial charge in [0.25, 0.3) is 0 Å². The number of carbonyl (C=O) groups is 1. The SMILES string of the molecule is CCC1CCCN(C(=O)Nc2ccc(C(C)O)cc2)CC1. The van der Waals surface area contributed by atoms with Crippen molar-refractivity contribution >= 4 is 11.7 Å². The van der Waals surface area contributed by atoms with Crippen LogP contribution >= 0.6 is 0 Å². The molecule has 0 saturated carbocycles. The number of amides is 2. The molecule has 4 heteroatoms. The van der Waals surface area contributed by atoms with Crippen LogP contribution in [0.15, 0.2) is 24.3 Å². The number of carbonyl (C=O) groups excluding carboxylic acids is 1. The summed E-state index contributed by atoms with van der Waals surface area (Å²) >= 11 is 0. The second-order valence-electron chi connectivity index (χ2n) is 5.92. The van der Waals surface area contributed by atoms with Crippen LogP contribution in [0.1, 0.15) is 51.2 Å². The van der Waals surface area contributed by atoms with E-state index in [4.69, 9.17) is 0 Å².